The van der Waals surface area contributed by atoms with E-state index in [1.54, 1.807) is 0 Å². The molecule has 0 bridgehead atoms. The summed E-state index contributed by atoms with van der Waals surface area (Å²) >= 11 is 0. The molecule has 0 fully saturated rings. The largest absolute Gasteiger partial charge is 1.00 e. The standard InChI is InChI=1S/C6H12N.ClH/c1-7(2)5-3-4-6-7;/h3,5H,4,6H2,1-2H3;1H/q+1;/p-1. The van der Waals surface area contributed by atoms with Crippen LogP contribution in [0.3, 0.4) is 0 Å². The van der Waals surface area contributed by atoms with E-state index in [9.17, 15) is 0 Å². The highest BCUT2D eigenvalue weighted by Gasteiger charge is 2.13. The second kappa shape index (κ2) is 2.51. The van der Waals surface area contributed by atoms with Crippen molar-refractivity contribution in [1.29, 1.82) is 0 Å². The lowest BCUT2D eigenvalue weighted by molar-refractivity contribution is -0.832. The average Bonchev–Trinajstić information content (AvgIpc) is 1.84. The Labute approximate surface area is 57.0 Å². The van der Waals surface area contributed by atoms with Crippen LogP contribution >= 0.6 is 0 Å². The van der Waals surface area contributed by atoms with Crippen LogP contribution in [0.1, 0.15) is 6.42 Å². The summed E-state index contributed by atoms with van der Waals surface area (Å²) in [5.74, 6) is 0. The minimum absolute atomic E-state index is 0. The summed E-state index contributed by atoms with van der Waals surface area (Å²) in [5, 5.41) is 0. The number of nitrogens with zero attached hydrogens (tertiary/aromatic N) is 1. The summed E-state index contributed by atoms with van der Waals surface area (Å²) in [5.41, 5.74) is 0. The number of halogens is 1. The van der Waals surface area contributed by atoms with E-state index in [-0.39, 0.29) is 12.4 Å². The summed E-state index contributed by atoms with van der Waals surface area (Å²) in [6.07, 6.45) is 5.73. The van der Waals surface area contributed by atoms with Crippen molar-refractivity contribution in [1.82, 2.24) is 0 Å². The summed E-state index contributed by atoms with van der Waals surface area (Å²) in [7, 11) is 4.42. The van der Waals surface area contributed by atoms with Gasteiger partial charge in [-0.15, -0.1) is 0 Å². The molecule has 0 amide bonds. The fourth-order valence-corrected chi connectivity index (χ4v) is 0.842. The summed E-state index contributed by atoms with van der Waals surface area (Å²) in [6.45, 7) is 1.28. The van der Waals surface area contributed by atoms with Gasteiger partial charge in [0.15, 0.2) is 0 Å². The van der Waals surface area contributed by atoms with Crippen molar-refractivity contribution in [3.05, 3.63) is 12.3 Å². The van der Waals surface area contributed by atoms with E-state index in [0.717, 1.165) is 4.48 Å². The number of quaternary nitrogens is 1. The Morgan fingerprint density at radius 3 is 2.12 bits per heavy atom. The fraction of sp³-hybridized carbons (Fsp3) is 0.667. The van der Waals surface area contributed by atoms with Crippen LogP contribution in [0.15, 0.2) is 12.3 Å². The maximum absolute atomic E-state index is 2.24. The minimum atomic E-state index is 0. The van der Waals surface area contributed by atoms with Gasteiger partial charge in [0.2, 0.25) is 0 Å². The lowest BCUT2D eigenvalue weighted by Crippen LogP contribution is -3.00. The van der Waals surface area contributed by atoms with E-state index in [0.29, 0.717) is 0 Å². The monoisotopic (exact) mass is 133 g/mol. The molecule has 0 saturated carbocycles. The highest BCUT2D eigenvalue weighted by Crippen LogP contribution is 2.08. The van der Waals surface area contributed by atoms with Gasteiger partial charge in [-0.2, -0.15) is 0 Å². The van der Waals surface area contributed by atoms with E-state index >= 15 is 0 Å². The molecule has 0 aromatic carbocycles. The maximum Gasteiger partial charge on any atom is 0.0916 e. The van der Waals surface area contributed by atoms with Gasteiger partial charge in [-0.25, -0.2) is 0 Å². The first kappa shape index (κ1) is 7.99. The molecular formula is C6H12ClN. The molecule has 0 aliphatic carbocycles. The lowest BCUT2D eigenvalue weighted by Gasteiger charge is -2.18. The number of rotatable bonds is 0. The molecule has 1 nitrogen and oxygen atoms in total. The van der Waals surface area contributed by atoms with Crippen molar-refractivity contribution in [2.75, 3.05) is 20.6 Å². The third-order valence-electron chi connectivity index (χ3n) is 1.38. The molecule has 1 rings (SSSR count). The Bertz CT molecular complexity index is 96.7. The highest BCUT2D eigenvalue weighted by atomic mass is 35.5. The van der Waals surface area contributed by atoms with Gasteiger partial charge in [0.1, 0.15) is 0 Å². The van der Waals surface area contributed by atoms with Gasteiger partial charge in [-0.05, 0) is 6.08 Å². The predicted molar refractivity (Wildman–Crippen MR) is 30.7 cm³/mol. The molecule has 0 spiro atoms. The fourth-order valence-electron chi connectivity index (χ4n) is 0.842. The quantitative estimate of drug-likeness (QED) is 0.335. The predicted octanol–water partition coefficient (Wildman–Crippen LogP) is -2.02. The second-order valence-corrected chi connectivity index (χ2v) is 2.68. The van der Waals surface area contributed by atoms with Gasteiger partial charge >= 0.3 is 0 Å². The Hall–Kier alpha value is -0.0100. The summed E-state index contributed by atoms with van der Waals surface area (Å²) in [6, 6.07) is 0. The zero-order chi connectivity index (χ0) is 5.33. The molecule has 0 unspecified atom stereocenters. The first-order valence-electron chi connectivity index (χ1n) is 2.71. The highest BCUT2D eigenvalue weighted by molar-refractivity contribution is 4.79. The first-order chi connectivity index (χ1) is 3.21. The van der Waals surface area contributed by atoms with Gasteiger partial charge in [-0.1, -0.05) is 0 Å². The van der Waals surface area contributed by atoms with E-state index in [2.05, 4.69) is 26.4 Å². The van der Waals surface area contributed by atoms with Crippen LogP contribution in [0.2, 0.25) is 0 Å². The van der Waals surface area contributed by atoms with E-state index in [1.165, 1.54) is 13.0 Å². The molecule has 0 atom stereocenters. The average molecular weight is 134 g/mol. The molecule has 0 aromatic heterocycles. The SMILES string of the molecule is C[N+]1(C)C=CCC1.[Cl-]. The van der Waals surface area contributed by atoms with Crippen LogP contribution in [0, 0.1) is 0 Å². The molecule has 1 aliphatic rings. The van der Waals surface area contributed by atoms with Gasteiger partial charge in [-0.3, -0.25) is 0 Å². The lowest BCUT2D eigenvalue weighted by atomic mass is 10.5. The molecule has 0 saturated heterocycles. The van der Waals surface area contributed by atoms with Gasteiger partial charge < -0.3 is 16.9 Å². The molecule has 0 aromatic rings. The van der Waals surface area contributed by atoms with Crippen molar-refractivity contribution < 1.29 is 16.9 Å². The molecule has 1 heterocycles. The smallest absolute Gasteiger partial charge is 0.0916 e. The molecule has 2 heteroatoms. The third kappa shape index (κ3) is 1.85. The van der Waals surface area contributed by atoms with E-state index in [1.807, 2.05) is 0 Å². The molecule has 8 heavy (non-hydrogen) atoms. The molecule has 0 radical (unpaired) electrons. The molecule has 0 N–H and O–H groups in total. The Morgan fingerprint density at radius 1 is 1.38 bits per heavy atom. The normalized spacial score (nSPS) is 22.8. The van der Waals surface area contributed by atoms with E-state index < -0.39 is 0 Å². The van der Waals surface area contributed by atoms with Crippen molar-refractivity contribution in [2.45, 2.75) is 6.42 Å². The van der Waals surface area contributed by atoms with Gasteiger partial charge in [0.25, 0.3) is 0 Å². The Balaban J connectivity index is 0.000000490. The van der Waals surface area contributed by atoms with Crippen LogP contribution in [0.25, 0.3) is 0 Å². The zero-order valence-electron chi connectivity index (χ0n) is 5.39. The van der Waals surface area contributed by atoms with Crippen molar-refractivity contribution in [2.24, 2.45) is 0 Å². The van der Waals surface area contributed by atoms with Crippen molar-refractivity contribution >= 4 is 0 Å². The van der Waals surface area contributed by atoms with Crippen molar-refractivity contribution in [3.63, 3.8) is 0 Å². The number of hydrogen-bond donors (Lipinski definition) is 0. The van der Waals surface area contributed by atoms with Gasteiger partial charge in [0.05, 0.1) is 26.8 Å². The van der Waals surface area contributed by atoms with Crippen LogP contribution in [-0.4, -0.2) is 25.1 Å². The van der Waals surface area contributed by atoms with Gasteiger partial charge in [0, 0.05) is 6.42 Å². The van der Waals surface area contributed by atoms with Crippen LogP contribution in [-0.2, 0) is 0 Å². The third-order valence-corrected chi connectivity index (χ3v) is 1.38. The second-order valence-electron chi connectivity index (χ2n) is 2.68. The molecule has 1 aliphatic heterocycles. The number of hydrogen-bond acceptors (Lipinski definition) is 0. The summed E-state index contributed by atoms with van der Waals surface area (Å²) < 4.78 is 1.07. The summed E-state index contributed by atoms with van der Waals surface area (Å²) in [4.78, 5) is 0. The topological polar surface area (TPSA) is 0 Å². The zero-order valence-corrected chi connectivity index (χ0v) is 6.15. The first-order valence-corrected chi connectivity index (χ1v) is 2.71. The molecule has 48 valence electrons. The van der Waals surface area contributed by atoms with Crippen molar-refractivity contribution in [3.8, 4) is 0 Å². The molecular weight excluding hydrogens is 122 g/mol. The van der Waals surface area contributed by atoms with E-state index in [4.69, 9.17) is 0 Å². The Morgan fingerprint density at radius 2 is 2.00 bits per heavy atom. The minimum Gasteiger partial charge on any atom is -1.00 e. The maximum atomic E-state index is 2.24. The van der Waals surface area contributed by atoms with Crippen LogP contribution in [0.4, 0.5) is 0 Å². The van der Waals surface area contributed by atoms with Crippen LogP contribution < -0.4 is 12.4 Å². The van der Waals surface area contributed by atoms with Crippen LogP contribution in [0.5, 0.6) is 0 Å². The Kier molecular flexibility index (Phi) is 2.51.